The van der Waals surface area contributed by atoms with Crippen LogP contribution in [0, 0.1) is 11.8 Å². The van der Waals surface area contributed by atoms with Crippen LogP contribution in [0.4, 0.5) is 0 Å². The summed E-state index contributed by atoms with van der Waals surface area (Å²) in [5, 5.41) is 23.3. The molecule has 0 aromatic heterocycles. The first-order chi connectivity index (χ1) is 8.73. The van der Waals surface area contributed by atoms with Gasteiger partial charge in [0.1, 0.15) is 0 Å². The van der Waals surface area contributed by atoms with Crippen molar-refractivity contribution in [3.63, 3.8) is 0 Å². The molecule has 2 saturated carbocycles. The van der Waals surface area contributed by atoms with Crippen LogP contribution in [0.15, 0.2) is 0 Å². The first-order valence-electron chi connectivity index (χ1n) is 7.77. The number of hydrogen-bond donors (Lipinski definition) is 3. The van der Waals surface area contributed by atoms with Crippen molar-refractivity contribution >= 4 is 0 Å². The maximum absolute atomic E-state index is 10.5. The van der Waals surface area contributed by atoms with Gasteiger partial charge >= 0.3 is 0 Å². The summed E-state index contributed by atoms with van der Waals surface area (Å²) in [6, 6.07) is 0. The van der Waals surface area contributed by atoms with Crippen LogP contribution < -0.4 is 5.32 Å². The molecular weight excluding hydrogens is 226 g/mol. The number of nitrogens with one attached hydrogen (secondary N) is 1. The predicted octanol–water partition coefficient (Wildman–Crippen LogP) is 2.07. The van der Waals surface area contributed by atoms with Gasteiger partial charge in [0.25, 0.3) is 0 Å². The van der Waals surface area contributed by atoms with Gasteiger partial charge in [0, 0.05) is 13.2 Å². The molecule has 0 saturated heterocycles. The van der Waals surface area contributed by atoms with E-state index in [0.29, 0.717) is 18.4 Å². The predicted molar refractivity (Wildman–Crippen MR) is 73.4 cm³/mol. The van der Waals surface area contributed by atoms with Crippen molar-refractivity contribution < 1.29 is 10.2 Å². The molecule has 0 amide bonds. The third-order valence-electron chi connectivity index (χ3n) is 4.95. The van der Waals surface area contributed by atoms with E-state index < -0.39 is 5.60 Å². The topological polar surface area (TPSA) is 52.5 Å². The smallest absolute Gasteiger partial charge is 0.0771 e. The Hall–Kier alpha value is -0.120. The van der Waals surface area contributed by atoms with Crippen molar-refractivity contribution in [2.75, 3.05) is 19.7 Å². The van der Waals surface area contributed by atoms with Crippen molar-refractivity contribution in [3.05, 3.63) is 0 Å². The fourth-order valence-corrected chi connectivity index (χ4v) is 3.68. The van der Waals surface area contributed by atoms with Gasteiger partial charge in [-0.3, -0.25) is 0 Å². The number of aliphatic hydroxyl groups is 2. The zero-order valence-corrected chi connectivity index (χ0v) is 11.5. The Balaban J connectivity index is 1.70. The summed E-state index contributed by atoms with van der Waals surface area (Å²) in [4.78, 5) is 0. The molecule has 3 heteroatoms. The van der Waals surface area contributed by atoms with Crippen LogP contribution in [-0.4, -0.2) is 35.5 Å². The Morgan fingerprint density at radius 1 is 0.944 bits per heavy atom. The van der Waals surface area contributed by atoms with Crippen molar-refractivity contribution in [2.45, 2.75) is 63.4 Å². The molecule has 2 unspecified atom stereocenters. The molecule has 0 aromatic carbocycles. The third kappa shape index (κ3) is 3.94. The van der Waals surface area contributed by atoms with Crippen LogP contribution in [0.5, 0.6) is 0 Å². The zero-order chi connectivity index (χ0) is 12.8. The maximum atomic E-state index is 10.5. The maximum Gasteiger partial charge on any atom is 0.0771 e. The SMILES string of the molecule is OCC1CCCC1CNCC1(O)CCCCCC1. The Kier molecular flexibility index (Phi) is 5.46. The third-order valence-corrected chi connectivity index (χ3v) is 4.95. The van der Waals surface area contributed by atoms with Gasteiger partial charge in [0.05, 0.1) is 5.60 Å². The molecule has 2 rings (SSSR count). The summed E-state index contributed by atoms with van der Waals surface area (Å²) >= 11 is 0. The molecule has 2 atom stereocenters. The van der Waals surface area contributed by atoms with E-state index in [9.17, 15) is 10.2 Å². The van der Waals surface area contributed by atoms with Crippen LogP contribution in [0.25, 0.3) is 0 Å². The van der Waals surface area contributed by atoms with Crippen molar-refractivity contribution in [1.29, 1.82) is 0 Å². The van der Waals surface area contributed by atoms with Gasteiger partial charge in [-0.05, 0) is 44.1 Å². The molecule has 2 fully saturated rings. The van der Waals surface area contributed by atoms with Crippen LogP contribution in [-0.2, 0) is 0 Å². The minimum atomic E-state index is -0.468. The molecule has 2 aliphatic rings. The molecule has 0 aromatic rings. The average Bonchev–Trinajstić information content (AvgIpc) is 2.70. The highest BCUT2D eigenvalue weighted by molar-refractivity contribution is 4.85. The lowest BCUT2D eigenvalue weighted by Gasteiger charge is -2.28. The lowest BCUT2D eigenvalue weighted by Crippen LogP contribution is -2.42. The second kappa shape index (κ2) is 6.88. The summed E-state index contributed by atoms with van der Waals surface area (Å²) in [7, 11) is 0. The van der Waals surface area contributed by atoms with E-state index in [1.807, 2.05) is 0 Å². The van der Waals surface area contributed by atoms with Crippen molar-refractivity contribution in [2.24, 2.45) is 11.8 Å². The van der Waals surface area contributed by atoms with E-state index in [2.05, 4.69) is 5.32 Å². The van der Waals surface area contributed by atoms with Gasteiger partial charge < -0.3 is 15.5 Å². The van der Waals surface area contributed by atoms with Gasteiger partial charge in [-0.15, -0.1) is 0 Å². The summed E-state index contributed by atoms with van der Waals surface area (Å²) < 4.78 is 0. The molecule has 18 heavy (non-hydrogen) atoms. The van der Waals surface area contributed by atoms with Crippen LogP contribution >= 0.6 is 0 Å². The second-order valence-electron chi connectivity index (χ2n) is 6.40. The Morgan fingerprint density at radius 2 is 1.61 bits per heavy atom. The van der Waals surface area contributed by atoms with Gasteiger partial charge in [0.2, 0.25) is 0 Å². The fraction of sp³-hybridized carbons (Fsp3) is 1.00. The lowest BCUT2D eigenvalue weighted by atomic mass is 9.93. The van der Waals surface area contributed by atoms with Crippen molar-refractivity contribution in [1.82, 2.24) is 5.32 Å². The van der Waals surface area contributed by atoms with E-state index in [-0.39, 0.29) is 0 Å². The van der Waals surface area contributed by atoms with Gasteiger partial charge in [-0.1, -0.05) is 32.1 Å². The van der Waals surface area contributed by atoms with E-state index in [0.717, 1.165) is 25.9 Å². The summed E-state index contributed by atoms with van der Waals surface area (Å²) in [6.45, 7) is 2.03. The lowest BCUT2D eigenvalue weighted by molar-refractivity contribution is 0.0239. The van der Waals surface area contributed by atoms with Gasteiger partial charge in [-0.2, -0.15) is 0 Å². The molecule has 3 N–H and O–H groups in total. The number of rotatable bonds is 5. The Bertz CT molecular complexity index is 237. The second-order valence-corrected chi connectivity index (χ2v) is 6.40. The van der Waals surface area contributed by atoms with Crippen LogP contribution in [0.2, 0.25) is 0 Å². The number of hydrogen-bond acceptors (Lipinski definition) is 3. The van der Waals surface area contributed by atoms with Gasteiger partial charge in [0.15, 0.2) is 0 Å². The zero-order valence-electron chi connectivity index (χ0n) is 11.5. The summed E-state index contributed by atoms with van der Waals surface area (Å²) in [5.74, 6) is 1.10. The molecule has 0 aliphatic heterocycles. The normalized spacial score (nSPS) is 32.3. The molecule has 0 spiro atoms. The van der Waals surface area contributed by atoms with Crippen LogP contribution in [0.1, 0.15) is 57.8 Å². The molecule has 2 aliphatic carbocycles. The van der Waals surface area contributed by atoms with E-state index in [1.54, 1.807) is 0 Å². The molecule has 0 bridgehead atoms. The average molecular weight is 255 g/mol. The largest absolute Gasteiger partial charge is 0.396 e. The molecule has 106 valence electrons. The minimum Gasteiger partial charge on any atom is -0.396 e. The molecule has 3 nitrogen and oxygen atoms in total. The van der Waals surface area contributed by atoms with E-state index in [4.69, 9.17) is 0 Å². The standard InChI is InChI=1S/C15H29NO2/c17-11-14-7-5-6-13(14)10-16-12-15(18)8-3-1-2-4-9-15/h13-14,16-18H,1-12H2. The van der Waals surface area contributed by atoms with Crippen LogP contribution in [0.3, 0.4) is 0 Å². The van der Waals surface area contributed by atoms with Gasteiger partial charge in [-0.25, -0.2) is 0 Å². The molecular formula is C15H29NO2. The Labute approximate surface area is 111 Å². The highest BCUT2D eigenvalue weighted by Gasteiger charge is 2.30. The van der Waals surface area contributed by atoms with E-state index in [1.165, 1.54) is 44.9 Å². The minimum absolute atomic E-state index is 0.330. The highest BCUT2D eigenvalue weighted by atomic mass is 16.3. The first kappa shape index (κ1) is 14.3. The Morgan fingerprint density at radius 3 is 2.28 bits per heavy atom. The molecule has 0 radical (unpaired) electrons. The fourth-order valence-electron chi connectivity index (χ4n) is 3.68. The summed E-state index contributed by atoms with van der Waals surface area (Å²) in [6.07, 6.45) is 10.4. The number of aliphatic hydroxyl groups excluding tert-OH is 1. The van der Waals surface area contributed by atoms with E-state index >= 15 is 0 Å². The van der Waals surface area contributed by atoms with Crippen molar-refractivity contribution in [3.8, 4) is 0 Å². The molecule has 0 heterocycles. The highest BCUT2D eigenvalue weighted by Crippen LogP contribution is 2.31. The first-order valence-corrected chi connectivity index (χ1v) is 7.77. The summed E-state index contributed by atoms with van der Waals surface area (Å²) in [5.41, 5.74) is -0.468. The monoisotopic (exact) mass is 255 g/mol. The quantitative estimate of drug-likeness (QED) is 0.659.